The molecule has 3 heteroatoms. The van der Waals surface area contributed by atoms with Crippen LogP contribution in [0.25, 0.3) is 32.8 Å². The van der Waals surface area contributed by atoms with Crippen LogP contribution in [-0.4, -0.2) is 24.7 Å². The summed E-state index contributed by atoms with van der Waals surface area (Å²) >= 11 is 0. The van der Waals surface area contributed by atoms with Crippen molar-refractivity contribution in [2.45, 2.75) is 26.2 Å². The van der Waals surface area contributed by atoms with E-state index in [0.717, 1.165) is 44.7 Å². The van der Waals surface area contributed by atoms with Gasteiger partial charge in [0, 0.05) is 35.1 Å². The Morgan fingerprint density at radius 1 is 0.893 bits per heavy atom. The first-order chi connectivity index (χ1) is 13.8. The van der Waals surface area contributed by atoms with Crippen LogP contribution in [0.4, 0.5) is 0 Å². The quantitative estimate of drug-likeness (QED) is 0.500. The molecule has 0 fully saturated rings. The van der Waals surface area contributed by atoms with Gasteiger partial charge in [0.15, 0.2) is 0 Å². The van der Waals surface area contributed by atoms with Crippen LogP contribution in [0, 0.1) is 0 Å². The normalized spacial score (nSPS) is 14.2. The molecular formula is C25H26N2O. The Morgan fingerprint density at radius 3 is 2.57 bits per heavy atom. The molecular weight excluding hydrogens is 344 g/mol. The van der Waals surface area contributed by atoms with Gasteiger partial charge < -0.3 is 15.0 Å². The maximum absolute atomic E-state index is 6.22. The maximum atomic E-state index is 6.22. The number of benzene rings is 3. The number of nitrogens with one attached hydrogen (secondary N) is 2. The second-order valence-corrected chi connectivity index (χ2v) is 7.60. The first-order valence-corrected chi connectivity index (χ1v) is 10.3. The van der Waals surface area contributed by atoms with Crippen molar-refractivity contribution in [1.82, 2.24) is 10.3 Å². The lowest BCUT2D eigenvalue weighted by Gasteiger charge is -2.15. The Morgan fingerprint density at radius 2 is 1.71 bits per heavy atom. The second kappa shape index (κ2) is 7.33. The monoisotopic (exact) mass is 370 g/mol. The minimum absolute atomic E-state index is 0.733. The standard InChI is InChI=1S/C25H26N2O/c1-2-14-28-24-16-18-7-4-3-6-17(18)15-21(24)19-8-5-9-23-25(19)20-10-12-26-13-11-22(20)27-23/h3-9,15-16,26-27H,2,10-14H2,1H3. The van der Waals surface area contributed by atoms with E-state index < -0.39 is 0 Å². The highest BCUT2D eigenvalue weighted by molar-refractivity contribution is 6.02. The molecule has 1 aromatic heterocycles. The molecule has 0 unspecified atom stereocenters. The predicted molar refractivity (Wildman–Crippen MR) is 117 cm³/mol. The van der Waals surface area contributed by atoms with Gasteiger partial charge in [-0.2, -0.15) is 0 Å². The maximum Gasteiger partial charge on any atom is 0.127 e. The van der Waals surface area contributed by atoms with Gasteiger partial charge in [0.2, 0.25) is 0 Å². The van der Waals surface area contributed by atoms with Crippen molar-refractivity contribution in [1.29, 1.82) is 0 Å². The smallest absolute Gasteiger partial charge is 0.127 e. The van der Waals surface area contributed by atoms with Crippen LogP contribution in [0.2, 0.25) is 0 Å². The number of ether oxygens (including phenoxy) is 1. The number of aromatic nitrogens is 1. The van der Waals surface area contributed by atoms with Crippen LogP contribution >= 0.6 is 0 Å². The van der Waals surface area contributed by atoms with Gasteiger partial charge in [0.05, 0.1) is 6.61 Å². The highest BCUT2D eigenvalue weighted by atomic mass is 16.5. The zero-order chi connectivity index (χ0) is 18.9. The van der Waals surface area contributed by atoms with Crippen molar-refractivity contribution >= 4 is 21.7 Å². The van der Waals surface area contributed by atoms with Gasteiger partial charge >= 0.3 is 0 Å². The van der Waals surface area contributed by atoms with Crippen molar-refractivity contribution < 1.29 is 4.74 Å². The number of hydrogen-bond donors (Lipinski definition) is 2. The molecule has 3 nitrogen and oxygen atoms in total. The first kappa shape index (κ1) is 17.3. The van der Waals surface area contributed by atoms with E-state index in [1.165, 1.54) is 44.1 Å². The Labute approximate surface area is 165 Å². The van der Waals surface area contributed by atoms with E-state index in [4.69, 9.17) is 4.74 Å². The van der Waals surface area contributed by atoms with Crippen molar-refractivity contribution in [2.24, 2.45) is 0 Å². The molecule has 1 aliphatic heterocycles. The Hall–Kier alpha value is -2.78. The molecule has 0 radical (unpaired) electrons. The van der Waals surface area contributed by atoms with E-state index in [1.54, 1.807) is 0 Å². The third-order valence-electron chi connectivity index (χ3n) is 5.72. The minimum atomic E-state index is 0.733. The molecule has 3 aromatic carbocycles. The van der Waals surface area contributed by atoms with Gasteiger partial charge in [0.1, 0.15) is 5.75 Å². The van der Waals surface area contributed by atoms with Crippen molar-refractivity contribution in [3.63, 3.8) is 0 Å². The highest BCUT2D eigenvalue weighted by Gasteiger charge is 2.19. The van der Waals surface area contributed by atoms with E-state index in [-0.39, 0.29) is 0 Å². The van der Waals surface area contributed by atoms with Gasteiger partial charge in [-0.25, -0.2) is 0 Å². The van der Waals surface area contributed by atoms with Crippen molar-refractivity contribution in [3.8, 4) is 16.9 Å². The number of H-pyrrole nitrogens is 1. The molecule has 142 valence electrons. The van der Waals surface area contributed by atoms with E-state index in [2.05, 4.69) is 71.8 Å². The lowest BCUT2D eigenvalue weighted by atomic mass is 9.94. The molecule has 0 amide bonds. The van der Waals surface area contributed by atoms with Crippen molar-refractivity contribution in [2.75, 3.05) is 19.7 Å². The number of hydrogen-bond acceptors (Lipinski definition) is 2. The van der Waals surface area contributed by atoms with Crippen LogP contribution < -0.4 is 10.1 Å². The number of fused-ring (bicyclic) bond motifs is 4. The largest absolute Gasteiger partial charge is 0.493 e. The first-order valence-electron chi connectivity index (χ1n) is 10.3. The van der Waals surface area contributed by atoms with E-state index in [0.29, 0.717) is 0 Å². The lowest BCUT2D eigenvalue weighted by Crippen LogP contribution is -2.16. The van der Waals surface area contributed by atoms with E-state index >= 15 is 0 Å². The Balaban J connectivity index is 1.77. The molecule has 4 aromatic rings. The van der Waals surface area contributed by atoms with Gasteiger partial charge in [-0.1, -0.05) is 43.3 Å². The molecule has 0 spiro atoms. The summed E-state index contributed by atoms with van der Waals surface area (Å²) in [4.78, 5) is 3.69. The number of aromatic amines is 1. The van der Waals surface area contributed by atoms with Crippen LogP contribution in [0.1, 0.15) is 24.6 Å². The Bertz CT molecular complexity index is 1140. The molecule has 0 bridgehead atoms. The summed E-state index contributed by atoms with van der Waals surface area (Å²) in [5.41, 5.74) is 6.54. The summed E-state index contributed by atoms with van der Waals surface area (Å²) in [5.74, 6) is 0.981. The van der Waals surface area contributed by atoms with Crippen LogP contribution in [0.15, 0.2) is 54.6 Å². The fourth-order valence-corrected chi connectivity index (χ4v) is 4.40. The zero-order valence-corrected chi connectivity index (χ0v) is 16.3. The summed E-state index contributed by atoms with van der Waals surface area (Å²) < 4.78 is 6.22. The minimum Gasteiger partial charge on any atom is -0.493 e. The van der Waals surface area contributed by atoms with E-state index in [9.17, 15) is 0 Å². The van der Waals surface area contributed by atoms with Crippen LogP contribution in [0.3, 0.4) is 0 Å². The van der Waals surface area contributed by atoms with Gasteiger partial charge in [-0.05, 0) is 59.5 Å². The summed E-state index contributed by atoms with van der Waals surface area (Å²) in [5, 5.41) is 7.36. The molecule has 28 heavy (non-hydrogen) atoms. The van der Waals surface area contributed by atoms with Gasteiger partial charge in [0.25, 0.3) is 0 Å². The third kappa shape index (κ3) is 2.96. The SMILES string of the molecule is CCCOc1cc2ccccc2cc1-c1cccc2[nH]c3c(c12)CCNCC3. The summed E-state index contributed by atoms with van der Waals surface area (Å²) in [6.07, 6.45) is 3.12. The molecule has 5 rings (SSSR count). The molecule has 1 aliphatic rings. The fourth-order valence-electron chi connectivity index (χ4n) is 4.40. The van der Waals surface area contributed by atoms with Gasteiger partial charge in [-0.15, -0.1) is 0 Å². The molecule has 0 saturated heterocycles. The van der Waals surface area contributed by atoms with E-state index in [1.807, 2.05) is 0 Å². The lowest BCUT2D eigenvalue weighted by molar-refractivity contribution is 0.319. The average Bonchev–Trinajstić information content (AvgIpc) is 2.93. The summed E-state index contributed by atoms with van der Waals surface area (Å²) in [6.45, 7) is 4.96. The second-order valence-electron chi connectivity index (χ2n) is 7.60. The topological polar surface area (TPSA) is 37.0 Å². The van der Waals surface area contributed by atoms with Crippen LogP contribution in [0.5, 0.6) is 5.75 Å². The zero-order valence-electron chi connectivity index (χ0n) is 16.3. The molecule has 0 aliphatic carbocycles. The molecule has 0 atom stereocenters. The summed E-state index contributed by atoms with van der Waals surface area (Å²) in [6, 6.07) is 19.6. The predicted octanol–water partition coefficient (Wildman–Crippen LogP) is 5.47. The summed E-state index contributed by atoms with van der Waals surface area (Å²) in [7, 11) is 0. The van der Waals surface area contributed by atoms with Crippen LogP contribution in [-0.2, 0) is 12.8 Å². The van der Waals surface area contributed by atoms with Crippen molar-refractivity contribution in [3.05, 3.63) is 65.9 Å². The third-order valence-corrected chi connectivity index (χ3v) is 5.72. The molecule has 0 saturated carbocycles. The molecule has 2 heterocycles. The highest BCUT2D eigenvalue weighted by Crippen LogP contribution is 2.40. The average molecular weight is 370 g/mol. The fraction of sp³-hybridized carbons (Fsp3) is 0.280. The number of rotatable bonds is 4. The molecule has 2 N–H and O–H groups in total. The Kier molecular flexibility index (Phi) is 4.53. The van der Waals surface area contributed by atoms with Gasteiger partial charge in [-0.3, -0.25) is 0 Å².